The highest BCUT2D eigenvalue weighted by molar-refractivity contribution is 6.11. The van der Waals surface area contributed by atoms with Crippen LogP contribution in [0.5, 0.6) is 0 Å². The monoisotopic (exact) mass is 703 g/mol. The molecule has 3 nitrogen and oxygen atoms in total. The number of benzene rings is 8. The van der Waals surface area contributed by atoms with Crippen LogP contribution in [0.3, 0.4) is 0 Å². The largest absolute Gasteiger partial charge is 0.309 e. The fourth-order valence-corrected chi connectivity index (χ4v) is 7.97. The minimum absolute atomic E-state index is 0.916. The Morgan fingerprint density at radius 3 is 1.31 bits per heavy atom. The molecule has 0 aliphatic heterocycles. The molecule has 0 amide bonds. The van der Waals surface area contributed by atoms with E-state index in [9.17, 15) is 0 Å². The molecule has 8 aromatic carbocycles. The topological polar surface area (TPSA) is 22.8 Å². The number of hydrogen-bond donors (Lipinski definition) is 0. The number of rotatable bonds is 7. The predicted molar refractivity (Wildman–Crippen MR) is 230 cm³/mol. The van der Waals surface area contributed by atoms with Gasteiger partial charge in [-0.2, -0.15) is 0 Å². The number of hydrogen-bond acceptors (Lipinski definition) is 1. The van der Waals surface area contributed by atoms with Gasteiger partial charge in [0.15, 0.2) is 0 Å². The van der Waals surface area contributed by atoms with Crippen molar-refractivity contribution in [3.63, 3.8) is 0 Å². The minimum atomic E-state index is 0.916. The van der Waals surface area contributed by atoms with Crippen LogP contribution in [-0.4, -0.2) is 14.1 Å². The van der Waals surface area contributed by atoms with Crippen molar-refractivity contribution in [1.82, 2.24) is 14.1 Å². The maximum atomic E-state index is 4.83. The Hall–Kier alpha value is -7.23. The Balaban J connectivity index is 1.06. The van der Waals surface area contributed by atoms with E-state index in [1.165, 1.54) is 71.9 Å². The van der Waals surface area contributed by atoms with Crippen LogP contribution in [-0.2, 0) is 0 Å². The van der Waals surface area contributed by atoms with E-state index in [4.69, 9.17) is 4.98 Å². The fraction of sp³-hybridized carbons (Fsp3) is 0.0192. The van der Waals surface area contributed by atoms with E-state index in [1.54, 1.807) is 0 Å². The second-order valence-electron chi connectivity index (χ2n) is 14.1. The molecule has 0 saturated heterocycles. The molecule has 0 aliphatic carbocycles. The van der Waals surface area contributed by atoms with Crippen molar-refractivity contribution >= 4 is 21.8 Å². The third-order valence-electron chi connectivity index (χ3n) is 10.8. The highest BCUT2D eigenvalue weighted by Gasteiger charge is 2.17. The lowest BCUT2D eigenvalue weighted by Gasteiger charge is -2.14. The van der Waals surface area contributed by atoms with Crippen LogP contribution in [0.1, 0.15) is 5.56 Å². The predicted octanol–water partition coefficient (Wildman–Crippen LogP) is 13.6. The summed E-state index contributed by atoms with van der Waals surface area (Å²) in [4.78, 5) is 4.83. The van der Waals surface area contributed by atoms with Crippen molar-refractivity contribution in [3.05, 3.63) is 212 Å². The van der Waals surface area contributed by atoms with E-state index in [0.29, 0.717) is 0 Å². The van der Waals surface area contributed by atoms with Gasteiger partial charge in [0.25, 0.3) is 0 Å². The lowest BCUT2D eigenvalue weighted by molar-refractivity contribution is 1.06. The summed E-state index contributed by atoms with van der Waals surface area (Å²) in [7, 11) is 0. The zero-order valence-corrected chi connectivity index (χ0v) is 30.5. The second-order valence-corrected chi connectivity index (χ2v) is 14.1. The van der Waals surface area contributed by atoms with E-state index < -0.39 is 0 Å². The highest BCUT2D eigenvalue weighted by Crippen LogP contribution is 2.39. The highest BCUT2D eigenvalue weighted by atomic mass is 15.1. The molecule has 0 bridgehead atoms. The molecule has 0 aliphatic rings. The third kappa shape index (κ3) is 5.93. The fourth-order valence-electron chi connectivity index (χ4n) is 7.97. The Bertz CT molecular complexity index is 2940. The van der Waals surface area contributed by atoms with Gasteiger partial charge in [-0.3, -0.25) is 4.57 Å². The maximum Gasteiger partial charge on any atom is 0.144 e. The summed E-state index contributed by atoms with van der Waals surface area (Å²) >= 11 is 0. The number of imidazole rings is 1. The van der Waals surface area contributed by atoms with E-state index in [0.717, 1.165) is 22.8 Å². The molecule has 0 saturated carbocycles. The first-order valence-corrected chi connectivity index (χ1v) is 18.8. The molecule has 2 heterocycles. The van der Waals surface area contributed by atoms with E-state index in [2.05, 4.69) is 210 Å². The zero-order valence-electron chi connectivity index (χ0n) is 30.5. The van der Waals surface area contributed by atoms with E-state index in [-0.39, 0.29) is 0 Å². The van der Waals surface area contributed by atoms with Crippen molar-refractivity contribution < 1.29 is 0 Å². The standard InChI is InChI=1S/C52H37N3/c1-36-33-45(52-53-31-32-54(52)46-26-21-41(22-27-46)38-13-7-3-8-14-38)25-28-49(36)55-50-29-23-43(39-15-9-4-10-16-39)34-47(50)48-35-44(24-30-51(48)55)42-19-17-40(18-20-42)37-11-5-2-6-12-37/h2-35H,1H3. The normalized spacial score (nSPS) is 11.4. The molecule has 0 fully saturated rings. The molecule has 0 N–H and O–H groups in total. The second kappa shape index (κ2) is 13.6. The van der Waals surface area contributed by atoms with Crippen LogP contribution in [0.2, 0.25) is 0 Å². The third-order valence-corrected chi connectivity index (χ3v) is 10.8. The summed E-state index contributed by atoms with van der Waals surface area (Å²) in [6, 6.07) is 69.9. The molecule has 10 rings (SSSR count). The van der Waals surface area contributed by atoms with E-state index >= 15 is 0 Å². The first kappa shape index (κ1) is 32.4. The Morgan fingerprint density at radius 2 is 0.800 bits per heavy atom. The van der Waals surface area contributed by atoms with Crippen molar-refractivity contribution in [3.8, 4) is 67.3 Å². The summed E-state index contributed by atoms with van der Waals surface area (Å²) in [6.07, 6.45) is 3.92. The summed E-state index contributed by atoms with van der Waals surface area (Å²) < 4.78 is 4.60. The Kier molecular flexibility index (Phi) is 8.04. The average Bonchev–Trinajstić information content (AvgIpc) is 3.88. The van der Waals surface area contributed by atoms with Gasteiger partial charge in [-0.05, 0) is 112 Å². The average molecular weight is 704 g/mol. The van der Waals surface area contributed by atoms with Crippen LogP contribution < -0.4 is 0 Å². The number of aryl methyl sites for hydroxylation is 1. The minimum Gasteiger partial charge on any atom is -0.309 e. The number of nitrogens with zero attached hydrogens (tertiary/aromatic N) is 3. The molecule has 260 valence electrons. The van der Waals surface area contributed by atoms with Gasteiger partial charge in [-0.15, -0.1) is 0 Å². The summed E-state index contributed by atoms with van der Waals surface area (Å²) in [5, 5.41) is 2.47. The summed E-state index contributed by atoms with van der Waals surface area (Å²) in [5.74, 6) is 0.916. The van der Waals surface area contributed by atoms with Crippen LogP contribution >= 0.6 is 0 Å². The van der Waals surface area contributed by atoms with Gasteiger partial charge in [0.05, 0.1) is 11.0 Å². The zero-order chi connectivity index (χ0) is 36.7. The molecule has 0 unspecified atom stereocenters. The van der Waals surface area contributed by atoms with Crippen molar-refractivity contribution in [1.29, 1.82) is 0 Å². The molecule has 0 spiro atoms. The SMILES string of the molecule is Cc1cc(-c2nccn2-c2ccc(-c3ccccc3)cc2)ccc1-n1c2ccc(-c3ccccc3)cc2c2cc(-c3ccc(-c4ccccc4)cc3)ccc21. The van der Waals surface area contributed by atoms with Gasteiger partial charge in [-0.25, -0.2) is 4.98 Å². The van der Waals surface area contributed by atoms with E-state index in [1.807, 2.05) is 12.4 Å². The van der Waals surface area contributed by atoms with Gasteiger partial charge in [-0.1, -0.05) is 140 Å². The number of fused-ring (bicyclic) bond motifs is 3. The smallest absolute Gasteiger partial charge is 0.144 e. The lowest BCUT2D eigenvalue weighted by Crippen LogP contribution is -2.00. The lowest BCUT2D eigenvalue weighted by atomic mass is 9.98. The number of aromatic nitrogens is 3. The molecular formula is C52H37N3. The van der Waals surface area contributed by atoms with Crippen molar-refractivity contribution in [2.75, 3.05) is 0 Å². The molecule has 10 aromatic rings. The van der Waals surface area contributed by atoms with Gasteiger partial charge in [0, 0.05) is 40.1 Å². The van der Waals surface area contributed by atoms with Gasteiger partial charge >= 0.3 is 0 Å². The van der Waals surface area contributed by atoms with Crippen LogP contribution in [0.15, 0.2) is 207 Å². The first-order valence-electron chi connectivity index (χ1n) is 18.8. The molecule has 0 radical (unpaired) electrons. The van der Waals surface area contributed by atoms with Gasteiger partial charge < -0.3 is 4.57 Å². The molecule has 3 heteroatoms. The van der Waals surface area contributed by atoms with Crippen molar-refractivity contribution in [2.45, 2.75) is 6.92 Å². The van der Waals surface area contributed by atoms with Crippen molar-refractivity contribution in [2.24, 2.45) is 0 Å². The first-order chi connectivity index (χ1) is 27.2. The summed E-state index contributed by atoms with van der Waals surface area (Å²) in [5.41, 5.74) is 16.5. The van der Waals surface area contributed by atoms with Crippen LogP contribution in [0.4, 0.5) is 0 Å². The molecule has 0 atom stereocenters. The maximum absolute atomic E-state index is 4.83. The quantitative estimate of drug-likeness (QED) is 0.162. The Morgan fingerprint density at radius 1 is 0.382 bits per heavy atom. The van der Waals surface area contributed by atoms with Crippen LogP contribution in [0, 0.1) is 6.92 Å². The van der Waals surface area contributed by atoms with Gasteiger partial charge in [0.2, 0.25) is 0 Å². The van der Waals surface area contributed by atoms with Gasteiger partial charge in [0.1, 0.15) is 5.82 Å². The summed E-state index contributed by atoms with van der Waals surface area (Å²) in [6.45, 7) is 2.21. The van der Waals surface area contributed by atoms with Crippen LogP contribution in [0.25, 0.3) is 89.1 Å². The Labute approximate surface area is 321 Å². The molecule has 55 heavy (non-hydrogen) atoms. The molecule has 2 aromatic heterocycles. The molecular weight excluding hydrogens is 667 g/mol.